The molecule has 1 aromatic rings. The van der Waals surface area contributed by atoms with Crippen molar-refractivity contribution in [3.63, 3.8) is 0 Å². The monoisotopic (exact) mass is 331 g/mol. The number of ether oxygens (including phenoxy) is 2. The van der Waals surface area contributed by atoms with E-state index in [9.17, 15) is 5.11 Å². The Kier molecular flexibility index (Phi) is 6.25. The molecule has 0 radical (unpaired) electrons. The van der Waals surface area contributed by atoms with Gasteiger partial charge in [-0.25, -0.2) is 0 Å². The van der Waals surface area contributed by atoms with Crippen molar-refractivity contribution in [3.8, 4) is 17.2 Å². The lowest BCUT2D eigenvalue weighted by molar-refractivity contribution is 0.377. The quantitative estimate of drug-likeness (QED) is 0.893. The summed E-state index contributed by atoms with van der Waals surface area (Å²) in [5.41, 5.74) is 5.94. The molecule has 0 aromatic heterocycles. The lowest BCUT2D eigenvalue weighted by Gasteiger charge is -2.15. The number of rotatable bonds is 3. The Morgan fingerprint density at radius 2 is 1.81 bits per heavy atom. The number of methoxy groups -OCH3 is 2. The van der Waals surface area contributed by atoms with Gasteiger partial charge in [-0.3, -0.25) is 0 Å². The van der Waals surface area contributed by atoms with E-state index in [4.69, 9.17) is 26.8 Å². The average Bonchev–Trinajstić information content (AvgIpc) is 2.23. The molecule has 0 amide bonds. The Hall–Kier alpha value is -0.360. The largest absolute Gasteiger partial charge is 0.506 e. The van der Waals surface area contributed by atoms with Gasteiger partial charge in [-0.05, 0) is 15.9 Å². The van der Waals surface area contributed by atoms with Gasteiger partial charge in [0.05, 0.1) is 19.8 Å². The summed E-state index contributed by atoms with van der Waals surface area (Å²) in [5.74, 6) is 0.635. The van der Waals surface area contributed by atoms with Gasteiger partial charge in [-0.15, -0.1) is 12.4 Å². The minimum Gasteiger partial charge on any atom is -0.506 e. The number of phenols is 1. The smallest absolute Gasteiger partial charge is 0.159 e. The Morgan fingerprint density at radius 3 is 2.19 bits per heavy atom. The van der Waals surface area contributed by atoms with Crippen LogP contribution in [0.5, 0.6) is 17.2 Å². The average molecular weight is 333 g/mol. The summed E-state index contributed by atoms with van der Waals surface area (Å²) in [4.78, 5) is 0. The van der Waals surface area contributed by atoms with E-state index < -0.39 is 0 Å². The SMILES string of the molecule is COc1c(Cl)c(OC)c(CN)c(O)c1Br.Cl. The summed E-state index contributed by atoms with van der Waals surface area (Å²) in [5, 5.41) is 10.1. The highest BCUT2D eigenvalue weighted by Crippen LogP contribution is 2.48. The fourth-order valence-corrected chi connectivity index (χ4v) is 2.34. The first kappa shape index (κ1) is 15.6. The number of hydrogen-bond acceptors (Lipinski definition) is 4. The van der Waals surface area contributed by atoms with Crippen LogP contribution < -0.4 is 15.2 Å². The highest BCUT2D eigenvalue weighted by molar-refractivity contribution is 9.10. The van der Waals surface area contributed by atoms with Crippen LogP contribution in [0.2, 0.25) is 5.02 Å². The zero-order valence-electron chi connectivity index (χ0n) is 8.71. The molecule has 92 valence electrons. The number of phenolic OH excluding ortho intramolecular Hbond substituents is 1. The van der Waals surface area contributed by atoms with E-state index >= 15 is 0 Å². The number of benzene rings is 1. The van der Waals surface area contributed by atoms with Crippen LogP contribution in [0.25, 0.3) is 0 Å². The van der Waals surface area contributed by atoms with E-state index in [1.54, 1.807) is 0 Å². The molecule has 7 heteroatoms. The predicted octanol–water partition coefficient (Wildman–Crippen LogP) is 2.71. The van der Waals surface area contributed by atoms with Gasteiger partial charge in [0, 0.05) is 6.54 Å². The van der Waals surface area contributed by atoms with Gasteiger partial charge in [0.15, 0.2) is 5.75 Å². The molecule has 0 saturated carbocycles. The van der Waals surface area contributed by atoms with E-state index in [-0.39, 0.29) is 29.7 Å². The third-order valence-corrected chi connectivity index (χ3v) is 3.06. The van der Waals surface area contributed by atoms with Gasteiger partial charge in [0.1, 0.15) is 21.0 Å². The Morgan fingerprint density at radius 1 is 1.31 bits per heavy atom. The van der Waals surface area contributed by atoms with Gasteiger partial charge in [0.25, 0.3) is 0 Å². The van der Waals surface area contributed by atoms with Crippen molar-refractivity contribution in [1.29, 1.82) is 0 Å². The molecule has 0 saturated heterocycles. The maximum atomic E-state index is 9.80. The van der Waals surface area contributed by atoms with E-state index in [2.05, 4.69) is 15.9 Å². The third-order valence-electron chi connectivity index (χ3n) is 1.98. The Bertz CT molecular complexity index is 388. The molecule has 0 spiro atoms. The summed E-state index contributed by atoms with van der Waals surface area (Å²) in [6.45, 7) is 0.122. The number of halogens is 3. The van der Waals surface area contributed by atoms with Crippen molar-refractivity contribution in [3.05, 3.63) is 15.1 Å². The minimum atomic E-state index is -0.0180. The Labute approximate surface area is 113 Å². The molecule has 1 rings (SSSR count). The molecule has 0 aliphatic heterocycles. The van der Waals surface area contributed by atoms with Crippen LogP contribution in [0.4, 0.5) is 0 Å². The second kappa shape index (κ2) is 6.39. The van der Waals surface area contributed by atoms with E-state index in [0.29, 0.717) is 21.5 Å². The van der Waals surface area contributed by atoms with Crippen LogP contribution in [0.15, 0.2) is 4.47 Å². The third kappa shape index (κ3) is 2.48. The standard InChI is InChI=1S/C9H11BrClNO3.ClH/c1-14-8-4(3-12)7(13)5(10)9(15-2)6(8)11;/h13H,3,12H2,1-2H3;1H. The molecular weight excluding hydrogens is 321 g/mol. The second-order valence-corrected chi connectivity index (χ2v) is 3.90. The normalized spacial score (nSPS) is 9.56. The van der Waals surface area contributed by atoms with Gasteiger partial charge in [-0.1, -0.05) is 11.6 Å². The van der Waals surface area contributed by atoms with Crippen LogP contribution in [-0.2, 0) is 6.54 Å². The number of nitrogens with two attached hydrogens (primary N) is 1. The fraction of sp³-hybridized carbons (Fsp3) is 0.333. The van der Waals surface area contributed by atoms with Crippen LogP contribution in [0.1, 0.15) is 5.56 Å². The highest BCUT2D eigenvalue weighted by Gasteiger charge is 2.22. The maximum Gasteiger partial charge on any atom is 0.159 e. The molecule has 0 fully saturated rings. The zero-order chi connectivity index (χ0) is 11.6. The fourth-order valence-electron chi connectivity index (χ4n) is 1.26. The van der Waals surface area contributed by atoms with Crippen molar-refractivity contribution in [2.75, 3.05) is 14.2 Å². The summed E-state index contributed by atoms with van der Waals surface area (Å²) >= 11 is 9.20. The first-order valence-electron chi connectivity index (χ1n) is 4.09. The first-order chi connectivity index (χ1) is 7.08. The molecule has 0 aliphatic rings. The minimum absolute atomic E-state index is 0. The summed E-state index contributed by atoms with van der Waals surface area (Å²) in [6.07, 6.45) is 0. The lowest BCUT2D eigenvalue weighted by Crippen LogP contribution is -2.03. The van der Waals surface area contributed by atoms with Crippen molar-refractivity contribution in [2.24, 2.45) is 5.73 Å². The summed E-state index contributed by atoms with van der Waals surface area (Å²) < 4.78 is 10.5. The van der Waals surface area contributed by atoms with Crippen LogP contribution >= 0.6 is 39.9 Å². The summed E-state index contributed by atoms with van der Waals surface area (Å²) in [6, 6.07) is 0. The van der Waals surface area contributed by atoms with Gasteiger partial charge < -0.3 is 20.3 Å². The van der Waals surface area contributed by atoms with Gasteiger partial charge in [0.2, 0.25) is 0 Å². The molecule has 0 atom stereocenters. The van der Waals surface area contributed by atoms with Crippen LogP contribution in [0, 0.1) is 0 Å². The lowest BCUT2D eigenvalue weighted by atomic mass is 10.1. The number of hydrogen-bond donors (Lipinski definition) is 2. The molecule has 4 nitrogen and oxygen atoms in total. The van der Waals surface area contributed by atoms with Crippen molar-refractivity contribution < 1.29 is 14.6 Å². The molecule has 16 heavy (non-hydrogen) atoms. The molecule has 0 aliphatic carbocycles. The number of aromatic hydroxyl groups is 1. The maximum absolute atomic E-state index is 9.80. The molecule has 0 unspecified atom stereocenters. The van der Waals surface area contributed by atoms with Crippen LogP contribution in [0.3, 0.4) is 0 Å². The van der Waals surface area contributed by atoms with Crippen molar-refractivity contribution >= 4 is 39.9 Å². The van der Waals surface area contributed by atoms with Crippen molar-refractivity contribution in [2.45, 2.75) is 6.54 Å². The predicted molar refractivity (Wildman–Crippen MR) is 69.1 cm³/mol. The van der Waals surface area contributed by atoms with Crippen molar-refractivity contribution in [1.82, 2.24) is 0 Å². The molecular formula is C9H12BrCl2NO3. The van der Waals surface area contributed by atoms with Crippen LogP contribution in [-0.4, -0.2) is 19.3 Å². The zero-order valence-corrected chi connectivity index (χ0v) is 11.9. The molecule has 3 N–H and O–H groups in total. The van der Waals surface area contributed by atoms with Gasteiger partial charge in [-0.2, -0.15) is 0 Å². The first-order valence-corrected chi connectivity index (χ1v) is 5.26. The molecule has 1 aromatic carbocycles. The summed E-state index contributed by atoms with van der Waals surface area (Å²) in [7, 11) is 2.90. The second-order valence-electron chi connectivity index (χ2n) is 2.73. The Balaban J connectivity index is 0.00000225. The topological polar surface area (TPSA) is 64.7 Å². The van der Waals surface area contributed by atoms with E-state index in [0.717, 1.165) is 0 Å². The van der Waals surface area contributed by atoms with Gasteiger partial charge >= 0.3 is 0 Å². The highest BCUT2D eigenvalue weighted by atomic mass is 79.9. The van der Waals surface area contributed by atoms with E-state index in [1.165, 1.54) is 14.2 Å². The van der Waals surface area contributed by atoms with E-state index in [1.807, 2.05) is 0 Å². The molecule has 0 bridgehead atoms. The molecule has 0 heterocycles.